The first-order valence-corrected chi connectivity index (χ1v) is 6.78. The van der Waals surface area contributed by atoms with Crippen LogP contribution in [0.5, 0.6) is 0 Å². The average Bonchev–Trinajstić information content (AvgIpc) is 2.92. The van der Waals surface area contributed by atoms with E-state index in [0.717, 1.165) is 16.6 Å². The Hall–Kier alpha value is -2.34. The Kier molecular flexibility index (Phi) is 3.39. The van der Waals surface area contributed by atoms with Crippen LogP contribution >= 0.6 is 11.3 Å². The van der Waals surface area contributed by atoms with Crippen molar-refractivity contribution < 1.29 is 4.39 Å². The van der Waals surface area contributed by atoms with E-state index in [1.54, 1.807) is 0 Å². The van der Waals surface area contributed by atoms with E-state index in [-0.39, 0.29) is 12.1 Å². The molecular weight excluding hydrogens is 277 g/mol. The molecule has 0 atom stereocenters. The fourth-order valence-electron chi connectivity index (χ4n) is 1.79. The largest absolute Gasteiger partial charge is 0.306 e. The third-order valence-corrected chi connectivity index (χ3v) is 3.70. The van der Waals surface area contributed by atoms with Gasteiger partial charge in [0.25, 0.3) is 5.56 Å². The Morgan fingerprint density at radius 1 is 1.10 bits per heavy atom. The molecule has 1 aromatic carbocycles. The van der Waals surface area contributed by atoms with Gasteiger partial charge in [0.05, 0.1) is 6.54 Å². The van der Waals surface area contributed by atoms with Crippen LogP contribution in [-0.4, -0.2) is 14.8 Å². The summed E-state index contributed by atoms with van der Waals surface area (Å²) < 4.78 is 14.4. The molecule has 0 fully saturated rings. The maximum Gasteiger partial charge on any atom is 0.251 e. The molecule has 3 rings (SSSR count). The van der Waals surface area contributed by atoms with Crippen LogP contribution in [-0.2, 0) is 6.54 Å². The number of halogens is 1. The molecule has 100 valence electrons. The topological polar surface area (TPSA) is 47.8 Å². The molecule has 4 nitrogen and oxygen atoms in total. The molecule has 3 aromatic rings. The normalized spacial score (nSPS) is 10.7. The second-order valence-electron chi connectivity index (χ2n) is 4.18. The zero-order valence-electron chi connectivity index (χ0n) is 10.4. The second-order valence-corrected chi connectivity index (χ2v) is 5.24. The van der Waals surface area contributed by atoms with Crippen LogP contribution in [0.1, 0.15) is 5.01 Å². The highest BCUT2D eigenvalue weighted by atomic mass is 32.1. The second kappa shape index (κ2) is 5.34. The van der Waals surface area contributed by atoms with Crippen LogP contribution < -0.4 is 5.56 Å². The summed E-state index contributed by atoms with van der Waals surface area (Å²) in [6.45, 7) is 0.223. The zero-order chi connectivity index (χ0) is 13.9. The van der Waals surface area contributed by atoms with Gasteiger partial charge in [-0.1, -0.05) is 41.7 Å². The van der Waals surface area contributed by atoms with Crippen molar-refractivity contribution in [1.82, 2.24) is 14.8 Å². The lowest BCUT2D eigenvalue weighted by atomic mass is 10.2. The predicted octanol–water partition coefficient (Wildman–Crippen LogP) is 2.55. The van der Waals surface area contributed by atoms with Crippen molar-refractivity contribution in [2.24, 2.45) is 0 Å². The van der Waals surface area contributed by atoms with Crippen molar-refractivity contribution in [3.05, 3.63) is 69.8 Å². The standard InChI is InChI=1S/C14H10FN3OS/c15-11-6-7-13(19)18(8-11)9-12-16-17-14(20-12)10-4-2-1-3-5-10/h1-8H,9H2. The number of hydrogen-bond donors (Lipinski definition) is 0. The summed E-state index contributed by atoms with van der Waals surface area (Å²) in [6.07, 6.45) is 1.17. The Bertz CT molecular complexity index is 782. The molecule has 0 amide bonds. The molecule has 20 heavy (non-hydrogen) atoms. The Balaban J connectivity index is 1.88. The van der Waals surface area contributed by atoms with E-state index in [1.165, 1.54) is 28.2 Å². The lowest BCUT2D eigenvalue weighted by molar-refractivity contribution is 0.594. The minimum absolute atomic E-state index is 0.223. The highest BCUT2D eigenvalue weighted by Gasteiger charge is 2.08. The van der Waals surface area contributed by atoms with Crippen LogP contribution in [0.2, 0.25) is 0 Å². The van der Waals surface area contributed by atoms with Gasteiger partial charge in [-0.05, 0) is 6.07 Å². The highest BCUT2D eigenvalue weighted by Crippen LogP contribution is 2.23. The first-order chi connectivity index (χ1) is 9.72. The highest BCUT2D eigenvalue weighted by molar-refractivity contribution is 7.14. The molecule has 0 N–H and O–H groups in total. The van der Waals surface area contributed by atoms with Gasteiger partial charge in [-0.3, -0.25) is 4.79 Å². The quantitative estimate of drug-likeness (QED) is 0.744. The molecule has 2 aromatic heterocycles. The zero-order valence-corrected chi connectivity index (χ0v) is 11.2. The van der Waals surface area contributed by atoms with Gasteiger partial charge in [-0.15, -0.1) is 10.2 Å². The molecule has 0 bridgehead atoms. The van der Waals surface area contributed by atoms with E-state index < -0.39 is 5.82 Å². The average molecular weight is 287 g/mol. The van der Waals surface area contributed by atoms with Gasteiger partial charge in [-0.25, -0.2) is 4.39 Å². The summed E-state index contributed by atoms with van der Waals surface area (Å²) in [5, 5.41) is 9.58. The van der Waals surface area contributed by atoms with Crippen molar-refractivity contribution in [2.45, 2.75) is 6.54 Å². The van der Waals surface area contributed by atoms with Gasteiger partial charge in [0, 0.05) is 17.8 Å². The predicted molar refractivity (Wildman–Crippen MR) is 75.1 cm³/mol. The van der Waals surface area contributed by atoms with Crippen molar-refractivity contribution in [3.8, 4) is 10.6 Å². The Morgan fingerprint density at radius 2 is 1.90 bits per heavy atom. The molecule has 0 radical (unpaired) electrons. The third-order valence-electron chi connectivity index (χ3n) is 2.74. The number of hydrogen-bond acceptors (Lipinski definition) is 4. The molecule has 0 aliphatic carbocycles. The van der Waals surface area contributed by atoms with Crippen LogP contribution in [0, 0.1) is 5.82 Å². The summed E-state index contributed by atoms with van der Waals surface area (Å²) >= 11 is 1.39. The van der Waals surface area contributed by atoms with Gasteiger partial charge >= 0.3 is 0 Å². The smallest absolute Gasteiger partial charge is 0.251 e. The number of benzene rings is 1. The number of rotatable bonds is 3. The SMILES string of the molecule is O=c1ccc(F)cn1Cc1nnc(-c2ccccc2)s1. The summed E-state index contributed by atoms with van der Waals surface area (Å²) in [6, 6.07) is 12.0. The minimum Gasteiger partial charge on any atom is -0.306 e. The van der Waals surface area contributed by atoms with Crippen molar-refractivity contribution >= 4 is 11.3 Å². The Labute approximate surface area is 118 Å². The summed E-state index contributed by atoms with van der Waals surface area (Å²) in [5.41, 5.74) is 0.714. The third kappa shape index (κ3) is 2.65. The van der Waals surface area contributed by atoms with Gasteiger partial charge in [0.1, 0.15) is 15.8 Å². The molecule has 2 heterocycles. The number of nitrogens with zero attached hydrogens (tertiary/aromatic N) is 3. The van der Waals surface area contributed by atoms with E-state index >= 15 is 0 Å². The monoisotopic (exact) mass is 287 g/mol. The maximum atomic E-state index is 13.1. The minimum atomic E-state index is -0.447. The lowest BCUT2D eigenvalue weighted by Gasteiger charge is -2.01. The summed E-state index contributed by atoms with van der Waals surface area (Å²) in [5.74, 6) is -0.447. The van der Waals surface area contributed by atoms with Crippen LogP contribution in [0.25, 0.3) is 10.6 Å². The van der Waals surface area contributed by atoms with Crippen molar-refractivity contribution in [3.63, 3.8) is 0 Å². The van der Waals surface area contributed by atoms with Gasteiger partial charge in [0.15, 0.2) is 0 Å². The molecule has 0 spiro atoms. The fourth-order valence-corrected chi connectivity index (χ4v) is 2.63. The van der Waals surface area contributed by atoms with E-state index in [1.807, 2.05) is 30.3 Å². The first kappa shape index (κ1) is 12.7. The molecule has 0 aliphatic heterocycles. The number of pyridine rings is 1. The van der Waals surface area contributed by atoms with E-state index in [0.29, 0.717) is 5.01 Å². The summed E-state index contributed by atoms with van der Waals surface area (Å²) in [7, 11) is 0. The van der Waals surface area contributed by atoms with Crippen LogP contribution in [0.4, 0.5) is 4.39 Å². The molecule has 0 saturated heterocycles. The van der Waals surface area contributed by atoms with Gasteiger partial charge in [-0.2, -0.15) is 0 Å². The van der Waals surface area contributed by atoms with E-state index in [4.69, 9.17) is 0 Å². The van der Waals surface area contributed by atoms with Gasteiger partial charge in [0.2, 0.25) is 0 Å². The molecular formula is C14H10FN3OS. The van der Waals surface area contributed by atoms with Gasteiger partial charge < -0.3 is 4.57 Å². The molecule has 0 unspecified atom stereocenters. The fraction of sp³-hybridized carbons (Fsp3) is 0.0714. The maximum absolute atomic E-state index is 13.1. The van der Waals surface area contributed by atoms with E-state index in [9.17, 15) is 9.18 Å². The Morgan fingerprint density at radius 3 is 2.70 bits per heavy atom. The molecule has 0 aliphatic rings. The first-order valence-electron chi connectivity index (χ1n) is 5.96. The van der Waals surface area contributed by atoms with Crippen LogP contribution in [0.15, 0.2) is 53.5 Å². The van der Waals surface area contributed by atoms with Crippen molar-refractivity contribution in [2.75, 3.05) is 0 Å². The van der Waals surface area contributed by atoms with Crippen molar-refractivity contribution in [1.29, 1.82) is 0 Å². The molecule has 6 heteroatoms. The molecule has 0 saturated carbocycles. The lowest BCUT2D eigenvalue weighted by Crippen LogP contribution is -2.19. The van der Waals surface area contributed by atoms with E-state index in [2.05, 4.69) is 10.2 Å². The van der Waals surface area contributed by atoms with Crippen LogP contribution in [0.3, 0.4) is 0 Å². The summed E-state index contributed by atoms with van der Waals surface area (Å²) in [4.78, 5) is 11.6. The number of aromatic nitrogens is 3.